The summed E-state index contributed by atoms with van der Waals surface area (Å²) >= 11 is 0. The molecule has 5 atom stereocenters. The fraction of sp³-hybridized carbons (Fsp3) is 0.714. The van der Waals surface area contributed by atoms with Crippen LogP contribution in [0.4, 0.5) is 0 Å². The third-order valence-electron chi connectivity index (χ3n) is 4.90. The van der Waals surface area contributed by atoms with Gasteiger partial charge in [-0.2, -0.15) is 0 Å². The van der Waals surface area contributed by atoms with Gasteiger partial charge in [0.2, 0.25) is 0 Å². The van der Waals surface area contributed by atoms with Gasteiger partial charge in [-0.3, -0.25) is 0 Å². The molecule has 0 aliphatic heterocycles. The molecule has 0 aromatic heterocycles. The first-order valence-electron chi connectivity index (χ1n) is 6.80. The van der Waals surface area contributed by atoms with Crippen LogP contribution in [0.3, 0.4) is 0 Å². The third-order valence-corrected chi connectivity index (χ3v) is 4.90. The molecule has 2 heteroatoms. The average molecular weight is 216 g/mol. The zero-order valence-corrected chi connectivity index (χ0v) is 10.1. The Hall–Kier alpha value is -0.495. The van der Waals surface area contributed by atoms with Crippen molar-refractivity contribution in [3.05, 3.63) is 23.8 Å². The highest BCUT2D eigenvalue weighted by molar-refractivity contribution is 6.13. The number of hydrogen-bond acceptors (Lipinski definition) is 1. The van der Waals surface area contributed by atoms with Crippen molar-refractivity contribution in [2.45, 2.75) is 44.0 Å². The van der Waals surface area contributed by atoms with Crippen LogP contribution in [0.2, 0.25) is 5.82 Å². The van der Waals surface area contributed by atoms with Crippen LogP contribution in [0.25, 0.3) is 0 Å². The average Bonchev–Trinajstić information content (AvgIpc) is 2.22. The second-order valence-electron chi connectivity index (χ2n) is 6.01. The van der Waals surface area contributed by atoms with Crippen LogP contribution in [0, 0.1) is 17.8 Å². The first kappa shape index (κ1) is 10.6. The molecular weight excluding hydrogens is 195 g/mol. The van der Waals surface area contributed by atoms with Gasteiger partial charge in [0.05, 0.1) is 6.10 Å². The molecule has 1 nitrogen and oxygen atoms in total. The van der Waals surface area contributed by atoms with Gasteiger partial charge in [-0.15, -0.1) is 0 Å². The molecule has 3 rings (SSSR count). The lowest BCUT2D eigenvalue weighted by Gasteiger charge is -2.47. The van der Waals surface area contributed by atoms with E-state index in [1.165, 1.54) is 31.3 Å². The van der Waals surface area contributed by atoms with E-state index in [-0.39, 0.29) is 6.10 Å². The molecule has 5 unspecified atom stereocenters. The van der Waals surface area contributed by atoms with E-state index in [9.17, 15) is 5.11 Å². The predicted octanol–water partition coefficient (Wildman–Crippen LogP) is 2.09. The van der Waals surface area contributed by atoms with Crippen LogP contribution >= 0.6 is 0 Å². The molecule has 0 aromatic carbocycles. The van der Waals surface area contributed by atoms with Gasteiger partial charge in [0.15, 0.2) is 0 Å². The molecule has 3 aliphatic carbocycles. The molecule has 86 valence electrons. The largest absolute Gasteiger partial charge is 0.393 e. The summed E-state index contributed by atoms with van der Waals surface area (Å²) in [6.07, 6.45) is 13.2. The van der Waals surface area contributed by atoms with Crippen molar-refractivity contribution in [1.29, 1.82) is 0 Å². The van der Waals surface area contributed by atoms with Gasteiger partial charge in [-0.05, 0) is 61.2 Å². The molecule has 16 heavy (non-hydrogen) atoms. The van der Waals surface area contributed by atoms with E-state index in [1.807, 2.05) is 0 Å². The molecule has 3 aliphatic rings. The van der Waals surface area contributed by atoms with Crippen LogP contribution in [-0.4, -0.2) is 19.1 Å². The summed E-state index contributed by atoms with van der Waals surface area (Å²) in [5, 5.41) is 10.1. The minimum absolute atomic E-state index is 0.0221. The summed E-state index contributed by atoms with van der Waals surface area (Å²) in [6, 6.07) is 0. The number of fused-ring (bicyclic) bond motifs is 1. The lowest BCUT2D eigenvalue weighted by Crippen LogP contribution is -2.43. The van der Waals surface area contributed by atoms with Crippen molar-refractivity contribution in [1.82, 2.24) is 0 Å². The molecule has 0 aromatic rings. The smallest absolute Gasteiger partial charge is 0.110 e. The quantitative estimate of drug-likeness (QED) is 0.665. The maximum atomic E-state index is 10.1. The van der Waals surface area contributed by atoms with E-state index in [0.29, 0.717) is 17.7 Å². The van der Waals surface area contributed by atoms with Crippen molar-refractivity contribution in [2.75, 3.05) is 0 Å². The van der Waals surface area contributed by atoms with Gasteiger partial charge < -0.3 is 5.11 Å². The molecule has 0 amide bonds. The molecule has 0 spiro atoms. The Bertz CT molecular complexity index is 326. The summed E-state index contributed by atoms with van der Waals surface area (Å²) in [4.78, 5) is 0. The van der Waals surface area contributed by atoms with Gasteiger partial charge in [-0.25, -0.2) is 0 Å². The van der Waals surface area contributed by atoms with Crippen LogP contribution < -0.4 is 0 Å². The molecular formula is C14H21BO. The molecule has 2 saturated carbocycles. The van der Waals surface area contributed by atoms with Crippen LogP contribution in [-0.2, 0) is 0 Å². The highest BCUT2D eigenvalue weighted by atomic mass is 16.3. The van der Waals surface area contributed by atoms with Gasteiger partial charge >= 0.3 is 0 Å². The number of allylic oxidation sites excluding steroid dienone is 4. The maximum absolute atomic E-state index is 10.1. The van der Waals surface area contributed by atoms with E-state index < -0.39 is 0 Å². The van der Waals surface area contributed by atoms with Crippen molar-refractivity contribution in [3.63, 3.8) is 0 Å². The van der Waals surface area contributed by atoms with Crippen LogP contribution in [0.15, 0.2) is 23.8 Å². The Morgan fingerprint density at radius 3 is 2.69 bits per heavy atom. The van der Waals surface area contributed by atoms with Crippen molar-refractivity contribution in [3.8, 4) is 0 Å². The predicted molar refractivity (Wildman–Crippen MR) is 69.1 cm³/mol. The number of aliphatic hydroxyl groups is 1. The van der Waals surface area contributed by atoms with E-state index >= 15 is 0 Å². The molecule has 0 heterocycles. The van der Waals surface area contributed by atoms with E-state index in [0.717, 1.165) is 12.3 Å². The Morgan fingerprint density at radius 2 is 2.12 bits per heavy atom. The lowest BCUT2D eigenvalue weighted by molar-refractivity contribution is -0.0396. The Labute approximate surface area is 99.0 Å². The van der Waals surface area contributed by atoms with Crippen molar-refractivity contribution >= 4 is 7.85 Å². The monoisotopic (exact) mass is 216 g/mol. The SMILES string of the molecule is BC1C=CC(C2CC(O)C3CCC3C2)=CC1. The third kappa shape index (κ3) is 1.77. The minimum Gasteiger partial charge on any atom is -0.393 e. The molecule has 1 N–H and O–H groups in total. The topological polar surface area (TPSA) is 20.2 Å². The van der Waals surface area contributed by atoms with Crippen LogP contribution in [0.1, 0.15) is 32.1 Å². The molecule has 2 fully saturated rings. The number of aliphatic hydroxyl groups excluding tert-OH is 1. The minimum atomic E-state index is -0.0221. The van der Waals surface area contributed by atoms with Gasteiger partial charge in [0.25, 0.3) is 0 Å². The highest BCUT2D eigenvalue weighted by Gasteiger charge is 2.42. The second kappa shape index (κ2) is 4.07. The van der Waals surface area contributed by atoms with Crippen molar-refractivity contribution < 1.29 is 5.11 Å². The fourth-order valence-electron chi connectivity index (χ4n) is 3.64. The van der Waals surface area contributed by atoms with E-state index in [1.54, 1.807) is 0 Å². The van der Waals surface area contributed by atoms with Gasteiger partial charge in [0.1, 0.15) is 7.85 Å². The number of rotatable bonds is 1. The van der Waals surface area contributed by atoms with Gasteiger partial charge in [-0.1, -0.05) is 18.2 Å². The standard InChI is InChI=1S/C14H21BO/c15-12-4-1-9(2-5-12)11-7-10-3-6-13(10)14(16)8-11/h1-2,4,10-14,16H,3,5-8,15H2. The lowest BCUT2D eigenvalue weighted by atomic mass is 9.60. The second-order valence-corrected chi connectivity index (χ2v) is 6.01. The molecule has 0 radical (unpaired) electrons. The zero-order valence-electron chi connectivity index (χ0n) is 10.1. The normalized spacial score (nSPS) is 46.8. The summed E-state index contributed by atoms with van der Waals surface area (Å²) < 4.78 is 0. The highest BCUT2D eigenvalue weighted by Crippen LogP contribution is 2.49. The first-order chi connectivity index (χ1) is 7.74. The fourth-order valence-corrected chi connectivity index (χ4v) is 3.64. The van der Waals surface area contributed by atoms with Crippen LogP contribution in [0.5, 0.6) is 0 Å². The molecule has 0 bridgehead atoms. The Morgan fingerprint density at radius 1 is 1.25 bits per heavy atom. The van der Waals surface area contributed by atoms with E-state index in [2.05, 4.69) is 26.1 Å². The summed E-state index contributed by atoms with van der Waals surface area (Å²) in [6.45, 7) is 0. The molecule has 0 saturated heterocycles. The Balaban J connectivity index is 1.69. The summed E-state index contributed by atoms with van der Waals surface area (Å²) in [7, 11) is 2.27. The summed E-state index contributed by atoms with van der Waals surface area (Å²) in [5.41, 5.74) is 1.50. The first-order valence-corrected chi connectivity index (χ1v) is 6.80. The number of hydrogen-bond donors (Lipinski definition) is 1. The van der Waals surface area contributed by atoms with E-state index in [4.69, 9.17) is 0 Å². The Kier molecular flexibility index (Phi) is 2.71. The maximum Gasteiger partial charge on any atom is 0.110 e. The van der Waals surface area contributed by atoms with Gasteiger partial charge in [0, 0.05) is 0 Å². The van der Waals surface area contributed by atoms with Crippen molar-refractivity contribution in [2.24, 2.45) is 17.8 Å². The summed E-state index contributed by atoms with van der Waals surface area (Å²) in [5.74, 6) is 2.81. The zero-order chi connectivity index (χ0) is 11.1.